The molecule has 3 rings (SSSR count). The first-order valence-electron chi connectivity index (χ1n) is 8.24. The zero-order valence-electron chi connectivity index (χ0n) is 14.0. The molecule has 2 heterocycles. The van der Waals surface area contributed by atoms with E-state index in [0.29, 0.717) is 25.7 Å². The number of hydrogen-bond donors (Lipinski definition) is 1. The van der Waals surface area contributed by atoms with Crippen LogP contribution in [-0.2, 0) is 4.79 Å². The number of nitrogens with one attached hydrogen (secondary N) is 1. The summed E-state index contributed by atoms with van der Waals surface area (Å²) in [6.07, 6.45) is 2.81. The fourth-order valence-corrected chi connectivity index (χ4v) is 3.99. The quantitative estimate of drug-likeness (QED) is 0.778. The van der Waals surface area contributed by atoms with Gasteiger partial charge >= 0.3 is 0 Å². The van der Waals surface area contributed by atoms with Gasteiger partial charge in [-0.2, -0.15) is 0 Å². The molecule has 0 radical (unpaired) electrons. The highest BCUT2D eigenvalue weighted by atomic mass is 35.5. The first kappa shape index (κ1) is 19.2. The number of hydrogen-bond acceptors (Lipinski definition) is 5. The van der Waals surface area contributed by atoms with Gasteiger partial charge in [0.15, 0.2) is 11.5 Å². The van der Waals surface area contributed by atoms with Crippen molar-refractivity contribution in [1.29, 1.82) is 0 Å². The van der Waals surface area contributed by atoms with Crippen LogP contribution in [-0.4, -0.2) is 56.0 Å². The molecule has 0 bridgehead atoms. The third-order valence-electron chi connectivity index (χ3n) is 4.24. The number of carbonyl (C=O) groups is 1. The Labute approximate surface area is 153 Å². The molecule has 134 valence electrons. The lowest BCUT2D eigenvalue weighted by Crippen LogP contribution is -2.40. The number of halogens is 1. The summed E-state index contributed by atoms with van der Waals surface area (Å²) in [6, 6.07) is 6.35. The van der Waals surface area contributed by atoms with E-state index < -0.39 is 0 Å². The van der Waals surface area contributed by atoms with Gasteiger partial charge in [-0.15, -0.1) is 24.2 Å². The molecule has 7 heteroatoms. The molecule has 24 heavy (non-hydrogen) atoms. The monoisotopic (exact) mass is 372 g/mol. The molecule has 1 saturated heterocycles. The summed E-state index contributed by atoms with van der Waals surface area (Å²) in [4.78, 5) is 15.6. The smallest absolute Gasteiger partial charge is 0.223 e. The Balaban J connectivity index is 0.00000208. The van der Waals surface area contributed by atoms with Crippen LogP contribution in [0.1, 0.15) is 19.3 Å². The van der Waals surface area contributed by atoms with E-state index in [1.165, 1.54) is 0 Å². The zero-order valence-corrected chi connectivity index (χ0v) is 15.6. The van der Waals surface area contributed by atoms with Crippen LogP contribution in [0.15, 0.2) is 23.1 Å². The predicted octanol–water partition coefficient (Wildman–Crippen LogP) is 2.57. The largest absolute Gasteiger partial charge is 0.486 e. The van der Waals surface area contributed by atoms with E-state index in [2.05, 4.69) is 5.32 Å². The van der Waals surface area contributed by atoms with E-state index in [-0.39, 0.29) is 18.3 Å². The summed E-state index contributed by atoms with van der Waals surface area (Å²) in [5.41, 5.74) is 0. The third-order valence-corrected chi connectivity index (χ3v) is 5.23. The second-order valence-electron chi connectivity index (χ2n) is 5.84. The Morgan fingerprint density at radius 2 is 2.12 bits per heavy atom. The Hall–Kier alpha value is -1.11. The predicted molar refractivity (Wildman–Crippen MR) is 98.7 cm³/mol. The van der Waals surface area contributed by atoms with E-state index in [1.807, 2.05) is 30.1 Å². The van der Waals surface area contributed by atoms with Crippen molar-refractivity contribution in [3.05, 3.63) is 18.2 Å². The standard InChI is InChI=1S/C17H24N2O3S.ClH/c1-18-12-13-3-2-7-19(13)17(20)6-10-23-14-4-5-15-16(11-14)22-9-8-21-15;/h4-5,11,13,18H,2-3,6-10,12H2,1H3;1H. The number of nitrogens with zero attached hydrogens (tertiary/aromatic N) is 1. The van der Waals surface area contributed by atoms with Gasteiger partial charge in [-0.25, -0.2) is 0 Å². The molecule has 0 aliphatic carbocycles. The number of rotatable bonds is 6. The van der Waals surface area contributed by atoms with Crippen LogP contribution < -0.4 is 14.8 Å². The molecule has 2 aliphatic rings. The molecular formula is C17H25ClN2O3S. The second kappa shape index (κ2) is 9.39. The van der Waals surface area contributed by atoms with Crippen LogP contribution in [0.3, 0.4) is 0 Å². The molecule has 1 unspecified atom stereocenters. The van der Waals surface area contributed by atoms with Crippen molar-refractivity contribution in [2.75, 3.05) is 39.1 Å². The van der Waals surface area contributed by atoms with Gasteiger partial charge in [-0.05, 0) is 38.1 Å². The highest BCUT2D eigenvalue weighted by Gasteiger charge is 2.27. The highest BCUT2D eigenvalue weighted by Crippen LogP contribution is 2.34. The number of thioether (sulfide) groups is 1. The Bertz CT molecular complexity index is 559. The SMILES string of the molecule is CNCC1CCCN1C(=O)CCSc1ccc2c(c1)OCCO2.Cl. The summed E-state index contributed by atoms with van der Waals surface area (Å²) in [7, 11) is 1.94. The topological polar surface area (TPSA) is 50.8 Å². The van der Waals surface area contributed by atoms with Crippen LogP contribution >= 0.6 is 24.2 Å². The van der Waals surface area contributed by atoms with Gasteiger partial charge in [-0.1, -0.05) is 0 Å². The van der Waals surface area contributed by atoms with E-state index >= 15 is 0 Å². The molecule has 0 spiro atoms. The first-order chi connectivity index (χ1) is 11.3. The molecular weight excluding hydrogens is 348 g/mol. The molecule has 1 N–H and O–H groups in total. The number of ether oxygens (including phenoxy) is 2. The van der Waals surface area contributed by atoms with Crippen molar-refractivity contribution in [2.24, 2.45) is 0 Å². The molecule has 5 nitrogen and oxygen atoms in total. The third kappa shape index (κ3) is 4.71. The van der Waals surface area contributed by atoms with Crippen LogP contribution in [0, 0.1) is 0 Å². The normalized spacial score (nSPS) is 19.0. The lowest BCUT2D eigenvalue weighted by molar-refractivity contribution is -0.131. The fraction of sp³-hybridized carbons (Fsp3) is 0.588. The van der Waals surface area contributed by atoms with Crippen molar-refractivity contribution < 1.29 is 14.3 Å². The number of carbonyl (C=O) groups excluding carboxylic acids is 1. The molecule has 1 fully saturated rings. The molecule has 1 aromatic carbocycles. The molecule has 1 atom stereocenters. The molecule has 1 aromatic rings. The Morgan fingerprint density at radius 3 is 2.92 bits per heavy atom. The lowest BCUT2D eigenvalue weighted by atomic mass is 10.2. The minimum atomic E-state index is 0. The van der Waals surface area contributed by atoms with Gasteiger partial charge in [-0.3, -0.25) is 4.79 Å². The number of likely N-dealkylation sites (tertiary alicyclic amines) is 1. The van der Waals surface area contributed by atoms with E-state index in [1.54, 1.807) is 11.8 Å². The summed E-state index contributed by atoms with van der Waals surface area (Å²) in [6.45, 7) is 3.00. The van der Waals surface area contributed by atoms with Crippen LogP contribution in [0.5, 0.6) is 11.5 Å². The van der Waals surface area contributed by atoms with Crippen molar-refractivity contribution >= 4 is 30.1 Å². The second-order valence-corrected chi connectivity index (χ2v) is 7.01. The summed E-state index contributed by atoms with van der Waals surface area (Å²) in [5.74, 6) is 2.68. The van der Waals surface area contributed by atoms with Gasteiger partial charge < -0.3 is 19.7 Å². The van der Waals surface area contributed by atoms with Gasteiger partial charge in [0.2, 0.25) is 5.91 Å². The minimum absolute atomic E-state index is 0. The fourth-order valence-electron chi connectivity index (χ4n) is 3.13. The van der Waals surface area contributed by atoms with Crippen molar-refractivity contribution in [3.8, 4) is 11.5 Å². The van der Waals surface area contributed by atoms with Crippen LogP contribution in [0.4, 0.5) is 0 Å². The van der Waals surface area contributed by atoms with Crippen molar-refractivity contribution in [3.63, 3.8) is 0 Å². The van der Waals surface area contributed by atoms with Crippen LogP contribution in [0.2, 0.25) is 0 Å². The Morgan fingerprint density at radius 1 is 1.33 bits per heavy atom. The maximum atomic E-state index is 12.4. The Kier molecular flexibility index (Phi) is 7.52. The zero-order chi connectivity index (χ0) is 16.1. The maximum Gasteiger partial charge on any atom is 0.223 e. The molecule has 1 amide bonds. The van der Waals surface area contributed by atoms with Gasteiger partial charge in [0, 0.05) is 36.2 Å². The average molecular weight is 373 g/mol. The minimum Gasteiger partial charge on any atom is -0.486 e. The summed E-state index contributed by atoms with van der Waals surface area (Å²) < 4.78 is 11.1. The van der Waals surface area contributed by atoms with Crippen molar-refractivity contribution in [1.82, 2.24) is 10.2 Å². The first-order valence-corrected chi connectivity index (χ1v) is 9.23. The molecule has 0 saturated carbocycles. The van der Waals surface area contributed by atoms with Gasteiger partial charge in [0.1, 0.15) is 13.2 Å². The lowest BCUT2D eigenvalue weighted by Gasteiger charge is -2.24. The van der Waals surface area contributed by atoms with E-state index in [9.17, 15) is 4.79 Å². The molecule has 2 aliphatic heterocycles. The van der Waals surface area contributed by atoms with Crippen molar-refractivity contribution in [2.45, 2.75) is 30.2 Å². The summed E-state index contributed by atoms with van der Waals surface area (Å²) >= 11 is 1.70. The number of fused-ring (bicyclic) bond motifs is 1. The van der Waals surface area contributed by atoms with E-state index in [0.717, 1.165) is 48.1 Å². The number of amides is 1. The molecule has 0 aromatic heterocycles. The van der Waals surface area contributed by atoms with Gasteiger partial charge in [0.05, 0.1) is 0 Å². The van der Waals surface area contributed by atoms with Gasteiger partial charge in [0.25, 0.3) is 0 Å². The maximum absolute atomic E-state index is 12.4. The number of benzene rings is 1. The van der Waals surface area contributed by atoms with E-state index in [4.69, 9.17) is 9.47 Å². The summed E-state index contributed by atoms with van der Waals surface area (Å²) in [5, 5.41) is 3.18. The number of likely N-dealkylation sites (N-methyl/N-ethyl adjacent to an activating group) is 1. The van der Waals surface area contributed by atoms with Crippen LogP contribution in [0.25, 0.3) is 0 Å². The average Bonchev–Trinajstić information content (AvgIpc) is 3.03. The highest BCUT2D eigenvalue weighted by molar-refractivity contribution is 7.99.